The Bertz CT molecular complexity index is 323. The highest BCUT2D eigenvalue weighted by Gasteiger charge is 2.70. The maximum Gasteiger partial charge on any atom is 0.507 e. The first kappa shape index (κ1) is 10.4. The van der Waals surface area contributed by atoms with E-state index in [2.05, 4.69) is 9.47 Å². The molecule has 4 unspecified atom stereocenters. The second-order valence-electron chi connectivity index (χ2n) is 3.47. The highest BCUT2D eigenvalue weighted by Crippen LogP contribution is 2.57. The van der Waals surface area contributed by atoms with Crippen LogP contribution in [0.3, 0.4) is 0 Å². The largest absolute Gasteiger partial charge is 0.507 e. The van der Waals surface area contributed by atoms with Crippen LogP contribution in [0.2, 0.25) is 0 Å². The molecule has 1 aliphatic heterocycles. The Kier molecular flexibility index (Phi) is 2.19. The van der Waals surface area contributed by atoms with Gasteiger partial charge in [0.15, 0.2) is 5.72 Å². The number of carboxylic acid groups (broad SMARTS) is 2. The molecule has 84 valence electrons. The summed E-state index contributed by atoms with van der Waals surface area (Å²) in [6.07, 6.45) is -3.39. The molecule has 0 spiro atoms. The molecule has 0 aromatic rings. The van der Waals surface area contributed by atoms with Crippen molar-refractivity contribution in [2.45, 2.75) is 17.1 Å². The Morgan fingerprint density at radius 1 is 1.40 bits per heavy atom. The summed E-state index contributed by atoms with van der Waals surface area (Å²) in [5.74, 6) is -0.0385. The minimum Gasteiger partial charge on any atom is -0.450 e. The summed E-state index contributed by atoms with van der Waals surface area (Å²) in [6.45, 7) is 0. The van der Waals surface area contributed by atoms with Crippen LogP contribution in [0.25, 0.3) is 0 Å². The fourth-order valence-electron chi connectivity index (χ4n) is 1.85. The van der Waals surface area contributed by atoms with Crippen LogP contribution in [0.15, 0.2) is 0 Å². The lowest BCUT2D eigenvalue weighted by Gasteiger charge is -2.24. The van der Waals surface area contributed by atoms with Gasteiger partial charge >= 0.3 is 12.3 Å². The van der Waals surface area contributed by atoms with Gasteiger partial charge in [-0.25, -0.2) is 9.59 Å². The molecule has 0 radical (unpaired) electrons. The van der Waals surface area contributed by atoms with Crippen LogP contribution in [0.5, 0.6) is 0 Å². The molecule has 2 rings (SSSR count). The van der Waals surface area contributed by atoms with Crippen molar-refractivity contribution in [3.63, 3.8) is 0 Å². The van der Waals surface area contributed by atoms with Gasteiger partial charge in [-0.1, -0.05) is 0 Å². The van der Waals surface area contributed by atoms with Gasteiger partial charge in [0.1, 0.15) is 6.10 Å². The maximum absolute atomic E-state index is 10.4. The minimum absolute atomic E-state index is 0.0783. The van der Waals surface area contributed by atoms with Crippen LogP contribution in [-0.4, -0.2) is 45.4 Å². The number of rotatable bonds is 2. The van der Waals surface area contributed by atoms with E-state index in [-0.39, 0.29) is 11.2 Å². The van der Waals surface area contributed by atoms with Crippen LogP contribution in [0.1, 0.15) is 0 Å². The molecule has 1 aliphatic carbocycles. The Balaban J connectivity index is 2.00. The topological polar surface area (TPSA) is 119 Å². The lowest BCUT2D eigenvalue weighted by atomic mass is 10.1. The second-order valence-corrected chi connectivity index (χ2v) is 4.64. The van der Waals surface area contributed by atoms with E-state index in [1.54, 1.807) is 0 Å². The third-order valence-electron chi connectivity index (χ3n) is 2.47. The van der Waals surface area contributed by atoms with Gasteiger partial charge in [-0.2, -0.15) is 0 Å². The minimum atomic E-state index is -1.46. The van der Waals surface area contributed by atoms with E-state index < -0.39 is 24.1 Å². The smallest absolute Gasteiger partial charge is 0.450 e. The standard InChI is InChI=1S/C7H9NO6S/c8-7(14-6(11)12)1-15-4-2(7)3(4)13-5(9)10/h2-4H,1,8H2,(H,9,10)(H,11,12). The predicted octanol–water partition coefficient (Wildman–Crippen LogP) is 0.144. The SMILES string of the molecule is NC1(OC(=O)O)CSC2C(OC(=O)O)C21. The van der Waals surface area contributed by atoms with Crippen LogP contribution in [0, 0.1) is 5.92 Å². The van der Waals surface area contributed by atoms with Gasteiger partial charge in [-0.3, -0.25) is 5.73 Å². The zero-order valence-corrected chi connectivity index (χ0v) is 8.27. The summed E-state index contributed by atoms with van der Waals surface area (Å²) in [4.78, 5) is 20.7. The molecular formula is C7H9NO6S. The summed E-state index contributed by atoms with van der Waals surface area (Å²) in [5.41, 5.74) is 4.40. The molecule has 4 N–H and O–H groups in total. The first-order valence-electron chi connectivity index (χ1n) is 4.16. The predicted molar refractivity (Wildman–Crippen MR) is 48.7 cm³/mol. The molecule has 1 saturated carbocycles. The van der Waals surface area contributed by atoms with Gasteiger partial charge < -0.3 is 19.7 Å². The third kappa shape index (κ3) is 1.70. The maximum atomic E-state index is 10.4. The van der Waals surface area contributed by atoms with Crippen molar-refractivity contribution in [3.8, 4) is 0 Å². The van der Waals surface area contributed by atoms with Crippen LogP contribution >= 0.6 is 11.8 Å². The van der Waals surface area contributed by atoms with Gasteiger partial charge in [0, 0.05) is 5.75 Å². The van der Waals surface area contributed by atoms with Crippen LogP contribution in [-0.2, 0) is 9.47 Å². The van der Waals surface area contributed by atoms with Crippen molar-refractivity contribution in [1.82, 2.24) is 0 Å². The number of ether oxygens (including phenoxy) is 2. The fourth-order valence-corrected chi connectivity index (χ4v) is 3.47. The van der Waals surface area contributed by atoms with Crippen molar-refractivity contribution in [1.29, 1.82) is 0 Å². The molecule has 0 aromatic carbocycles. The van der Waals surface area contributed by atoms with E-state index in [1.165, 1.54) is 11.8 Å². The normalized spacial score (nSPS) is 41.8. The van der Waals surface area contributed by atoms with Crippen molar-refractivity contribution < 1.29 is 29.3 Å². The van der Waals surface area contributed by atoms with Gasteiger partial charge in [-0.15, -0.1) is 11.8 Å². The summed E-state index contributed by atoms with van der Waals surface area (Å²) >= 11 is 1.37. The molecule has 2 fully saturated rings. The zero-order chi connectivity index (χ0) is 11.2. The summed E-state index contributed by atoms with van der Waals surface area (Å²) < 4.78 is 9.11. The first-order valence-corrected chi connectivity index (χ1v) is 5.21. The number of hydrogen-bond acceptors (Lipinski definition) is 6. The molecule has 1 heterocycles. The van der Waals surface area contributed by atoms with Gasteiger partial charge in [0.05, 0.1) is 11.2 Å². The average Bonchev–Trinajstić information content (AvgIpc) is 2.61. The van der Waals surface area contributed by atoms with E-state index in [4.69, 9.17) is 15.9 Å². The Morgan fingerprint density at radius 3 is 2.60 bits per heavy atom. The van der Waals surface area contributed by atoms with Gasteiger partial charge in [0.25, 0.3) is 0 Å². The molecule has 0 aromatic heterocycles. The fraction of sp³-hybridized carbons (Fsp3) is 0.714. The van der Waals surface area contributed by atoms with E-state index in [9.17, 15) is 9.59 Å². The van der Waals surface area contributed by atoms with Crippen molar-refractivity contribution >= 4 is 24.1 Å². The second kappa shape index (κ2) is 3.17. The number of carbonyl (C=O) groups is 2. The Morgan fingerprint density at radius 2 is 2.07 bits per heavy atom. The molecule has 1 saturated heterocycles. The van der Waals surface area contributed by atoms with Crippen molar-refractivity contribution in [2.75, 3.05) is 5.75 Å². The van der Waals surface area contributed by atoms with Crippen LogP contribution < -0.4 is 5.73 Å². The highest BCUT2D eigenvalue weighted by molar-refractivity contribution is 8.00. The van der Waals surface area contributed by atoms with Gasteiger partial charge in [-0.05, 0) is 0 Å². The Labute approximate surface area is 88.5 Å². The average molecular weight is 235 g/mol. The Hall–Kier alpha value is -1.15. The number of nitrogens with two attached hydrogens (primary N) is 1. The molecule has 2 aliphatic rings. The number of hydrogen-bond donors (Lipinski definition) is 3. The lowest BCUT2D eigenvalue weighted by Crippen LogP contribution is -2.48. The first-order chi connectivity index (χ1) is 6.94. The highest BCUT2D eigenvalue weighted by atomic mass is 32.2. The third-order valence-corrected chi connectivity index (χ3v) is 4.03. The number of fused-ring (bicyclic) bond motifs is 1. The van der Waals surface area contributed by atoms with Gasteiger partial charge in [0.2, 0.25) is 0 Å². The molecular weight excluding hydrogens is 226 g/mol. The molecule has 0 amide bonds. The van der Waals surface area contributed by atoms with E-state index in [1.807, 2.05) is 0 Å². The molecule has 7 nitrogen and oxygen atoms in total. The summed E-state index contributed by atoms with van der Waals surface area (Å²) in [7, 11) is 0. The molecule has 8 heteroatoms. The molecule has 4 atom stereocenters. The quantitative estimate of drug-likeness (QED) is 0.457. The zero-order valence-electron chi connectivity index (χ0n) is 7.45. The van der Waals surface area contributed by atoms with E-state index >= 15 is 0 Å². The monoisotopic (exact) mass is 235 g/mol. The summed E-state index contributed by atoms with van der Waals surface area (Å²) in [5, 5.41) is 16.8. The van der Waals surface area contributed by atoms with Crippen molar-refractivity contribution in [2.24, 2.45) is 11.7 Å². The van der Waals surface area contributed by atoms with Crippen molar-refractivity contribution in [3.05, 3.63) is 0 Å². The van der Waals surface area contributed by atoms with Crippen LogP contribution in [0.4, 0.5) is 9.59 Å². The molecule has 15 heavy (non-hydrogen) atoms. The lowest BCUT2D eigenvalue weighted by molar-refractivity contribution is -0.0237. The number of thioether (sulfide) groups is 1. The van der Waals surface area contributed by atoms with E-state index in [0.29, 0.717) is 5.75 Å². The molecule has 0 bridgehead atoms. The van der Waals surface area contributed by atoms with E-state index in [0.717, 1.165) is 0 Å². The summed E-state index contributed by atoms with van der Waals surface area (Å²) in [6, 6.07) is 0.